The molecule has 1 aromatic heterocycles. The molecule has 3 N–H and O–H groups in total. The van der Waals surface area contributed by atoms with E-state index in [4.69, 9.17) is 4.74 Å². The summed E-state index contributed by atoms with van der Waals surface area (Å²) in [5.41, 5.74) is 1.16. The van der Waals surface area contributed by atoms with Gasteiger partial charge in [-0.3, -0.25) is 4.90 Å². The number of methoxy groups -OCH3 is 1. The second-order valence-corrected chi connectivity index (χ2v) is 8.68. The van der Waals surface area contributed by atoms with Crippen molar-refractivity contribution < 1.29 is 9.84 Å². The maximum absolute atomic E-state index is 10.8. The fourth-order valence-electron chi connectivity index (χ4n) is 3.79. The molecule has 0 saturated carbocycles. The van der Waals surface area contributed by atoms with Crippen LogP contribution in [0.15, 0.2) is 46.1 Å². The topological polar surface area (TPSA) is 69.1 Å². The van der Waals surface area contributed by atoms with Crippen LogP contribution in [0.25, 0.3) is 0 Å². The Morgan fingerprint density at radius 2 is 2.10 bits per heavy atom. The smallest absolute Gasteiger partial charge is 0.191 e. The van der Waals surface area contributed by atoms with Gasteiger partial charge in [0.15, 0.2) is 5.96 Å². The number of thiophene rings is 1. The maximum Gasteiger partial charge on any atom is 0.191 e. The molecule has 1 fully saturated rings. The van der Waals surface area contributed by atoms with Crippen LogP contribution in [0.2, 0.25) is 0 Å². The fourth-order valence-corrected chi connectivity index (χ4v) is 4.57. The Morgan fingerprint density at radius 3 is 2.77 bits per heavy atom. The molecule has 2 aromatic rings. The number of hydrogen-bond acceptors (Lipinski definition) is 5. The van der Waals surface area contributed by atoms with E-state index < -0.39 is 5.60 Å². The Hall–Kier alpha value is -2.09. The molecule has 1 saturated heterocycles. The van der Waals surface area contributed by atoms with Gasteiger partial charge in [0.1, 0.15) is 11.4 Å². The molecule has 2 atom stereocenters. The number of hydrogen-bond donors (Lipinski definition) is 3. The van der Waals surface area contributed by atoms with Crippen molar-refractivity contribution in [2.24, 2.45) is 4.99 Å². The zero-order valence-corrected chi connectivity index (χ0v) is 19.0. The van der Waals surface area contributed by atoms with Gasteiger partial charge in [-0.05, 0) is 79.9 Å². The van der Waals surface area contributed by atoms with Crippen LogP contribution in [-0.2, 0) is 5.60 Å². The third-order valence-corrected chi connectivity index (χ3v) is 6.24. The zero-order chi connectivity index (χ0) is 21.4. The summed E-state index contributed by atoms with van der Waals surface area (Å²) in [5, 5.41) is 21.6. The molecule has 0 spiro atoms. The van der Waals surface area contributed by atoms with Crippen LogP contribution >= 0.6 is 11.3 Å². The zero-order valence-electron chi connectivity index (χ0n) is 18.2. The van der Waals surface area contributed by atoms with E-state index in [1.807, 2.05) is 36.7 Å². The molecule has 30 heavy (non-hydrogen) atoms. The Labute approximate surface area is 184 Å². The van der Waals surface area contributed by atoms with Gasteiger partial charge in [0.25, 0.3) is 0 Å². The molecule has 2 unspecified atom stereocenters. The Balaban J connectivity index is 1.72. The monoisotopic (exact) mass is 430 g/mol. The number of rotatable bonds is 9. The first-order valence-corrected chi connectivity index (χ1v) is 11.6. The molecule has 7 heteroatoms. The van der Waals surface area contributed by atoms with Crippen molar-refractivity contribution in [1.82, 2.24) is 15.5 Å². The minimum Gasteiger partial charge on any atom is -0.497 e. The standard InChI is InChI=1S/C23H34N4O2S/c1-4-24-22(26-17-23(2,28)19-10-13-30-16-19)25-15-21(27-11-5-6-12-27)18-8-7-9-20(14-18)29-3/h7-10,13-14,16,21,28H,4-6,11-12,15,17H2,1-3H3,(H2,24,25,26). The van der Waals surface area contributed by atoms with Crippen molar-refractivity contribution in [2.75, 3.05) is 39.8 Å². The van der Waals surface area contributed by atoms with Gasteiger partial charge in [0.2, 0.25) is 0 Å². The molecule has 1 aliphatic rings. The Morgan fingerprint density at radius 1 is 1.30 bits per heavy atom. The van der Waals surface area contributed by atoms with Crippen molar-refractivity contribution >= 4 is 17.3 Å². The van der Waals surface area contributed by atoms with Gasteiger partial charge in [-0.2, -0.15) is 11.3 Å². The molecular weight excluding hydrogens is 396 g/mol. The third kappa shape index (κ3) is 5.97. The SMILES string of the molecule is CCNC(=NCC(C)(O)c1ccsc1)NCC(c1cccc(OC)c1)N1CCCC1. The number of likely N-dealkylation sites (tertiary alicyclic amines) is 1. The van der Waals surface area contributed by atoms with Gasteiger partial charge < -0.3 is 20.5 Å². The van der Waals surface area contributed by atoms with E-state index >= 15 is 0 Å². The van der Waals surface area contributed by atoms with E-state index in [2.05, 4.69) is 38.7 Å². The highest BCUT2D eigenvalue weighted by Gasteiger charge is 2.25. The van der Waals surface area contributed by atoms with Crippen LogP contribution in [0.4, 0.5) is 0 Å². The number of guanidine groups is 1. The maximum atomic E-state index is 10.8. The van der Waals surface area contributed by atoms with Crippen molar-refractivity contribution in [3.8, 4) is 5.75 Å². The third-order valence-electron chi connectivity index (χ3n) is 5.56. The number of ether oxygens (including phenoxy) is 1. The first-order chi connectivity index (χ1) is 14.5. The molecule has 0 bridgehead atoms. The van der Waals surface area contributed by atoms with E-state index in [1.54, 1.807) is 18.4 Å². The van der Waals surface area contributed by atoms with Gasteiger partial charge in [-0.15, -0.1) is 0 Å². The number of aliphatic imine (C=N–C) groups is 1. The molecule has 2 heterocycles. The van der Waals surface area contributed by atoms with Gasteiger partial charge in [-0.25, -0.2) is 4.99 Å². The highest BCUT2D eigenvalue weighted by molar-refractivity contribution is 7.08. The molecule has 0 radical (unpaired) electrons. The number of benzene rings is 1. The van der Waals surface area contributed by atoms with E-state index in [9.17, 15) is 5.11 Å². The predicted octanol–water partition coefficient (Wildman–Crippen LogP) is 3.36. The second kappa shape index (κ2) is 10.8. The largest absolute Gasteiger partial charge is 0.497 e. The molecule has 6 nitrogen and oxygen atoms in total. The molecule has 1 aromatic carbocycles. The molecule has 0 amide bonds. The molecule has 1 aliphatic heterocycles. The Bertz CT molecular complexity index is 801. The van der Waals surface area contributed by atoms with Crippen LogP contribution < -0.4 is 15.4 Å². The first-order valence-electron chi connectivity index (χ1n) is 10.7. The average molecular weight is 431 g/mol. The van der Waals surface area contributed by atoms with Crippen molar-refractivity contribution in [1.29, 1.82) is 0 Å². The predicted molar refractivity (Wildman–Crippen MR) is 124 cm³/mol. The lowest BCUT2D eigenvalue weighted by Crippen LogP contribution is -2.43. The lowest BCUT2D eigenvalue weighted by atomic mass is 10.00. The van der Waals surface area contributed by atoms with E-state index in [1.165, 1.54) is 18.4 Å². The second-order valence-electron chi connectivity index (χ2n) is 7.90. The summed E-state index contributed by atoms with van der Waals surface area (Å²) < 4.78 is 5.44. The number of nitrogens with zero attached hydrogens (tertiary/aromatic N) is 2. The molecular formula is C23H34N4O2S. The first kappa shape index (κ1) is 22.6. The van der Waals surface area contributed by atoms with Crippen molar-refractivity contribution in [3.05, 3.63) is 52.2 Å². The molecule has 3 rings (SSSR count). The summed E-state index contributed by atoms with van der Waals surface area (Å²) in [6.07, 6.45) is 2.47. The lowest BCUT2D eigenvalue weighted by molar-refractivity contribution is 0.0677. The van der Waals surface area contributed by atoms with Gasteiger partial charge in [-0.1, -0.05) is 12.1 Å². The van der Waals surface area contributed by atoms with Crippen LogP contribution in [0.5, 0.6) is 5.75 Å². The van der Waals surface area contributed by atoms with Crippen LogP contribution in [0.3, 0.4) is 0 Å². The van der Waals surface area contributed by atoms with Gasteiger partial charge >= 0.3 is 0 Å². The minimum absolute atomic E-state index is 0.240. The van der Waals surface area contributed by atoms with E-state index in [0.29, 0.717) is 6.54 Å². The minimum atomic E-state index is -0.983. The normalized spacial score (nSPS) is 18.1. The summed E-state index contributed by atoms with van der Waals surface area (Å²) >= 11 is 1.58. The summed E-state index contributed by atoms with van der Waals surface area (Å²) in [6.45, 7) is 7.86. The molecule has 164 valence electrons. The van der Waals surface area contributed by atoms with E-state index in [-0.39, 0.29) is 6.04 Å². The average Bonchev–Trinajstić information content (AvgIpc) is 3.47. The van der Waals surface area contributed by atoms with Crippen LogP contribution in [0.1, 0.15) is 43.9 Å². The summed E-state index contributed by atoms with van der Waals surface area (Å²) in [4.78, 5) is 7.19. The van der Waals surface area contributed by atoms with Crippen LogP contribution in [0, 0.1) is 0 Å². The number of aliphatic hydroxyl groups is 1. The summed E-state index contributed by atoms with van der Waals surface area (Å²) in [6, 6.07) is 10.5. The summed E-state index contributed by atoms with van der Waals surface area (Å²) in [7, 11) is 1.71. The van der Waals surface area contributed by atoms with Gasteiger partial charge in [0.05, 0.1) is 19.7 Å². The Kier molecular flexibility index (Phi) is 8.13. The highest BCUT2D eigenvalue weighted by Crippen LogP contribution is 2.27. The quantitative estimate of drug-likeness (QED) is 0.420. The molecule has 0 aliphatic carbocycles. The van der Waals surface area contributed by atoms with Crippen molar-refractivity contribution in [3.63, 3.8) is 0 Å². The van der Waals surface area contributed by atoms with E-state index in [0.717, 1.165) is 43.5 Å². The summed E-state index contributed by atoms with van der Waals surface area (Å²) in [5.74, 6) is 1.60. The van der Waals surface area contributed by atoms with Gasteiger partial charge in [0, 0.05) is 13.1 Å². The highest BCUT2D eigenvalue weighted by atomic mass is 32.1. The number of nitrogens with one attached hydrogen (secondary N) is 2. The van der Waals surface area contributed by atoms with Crippen LogP contribution in [-0.4, -0.2) is 55.8 Å². The van der Waals surface area contributed by atoms with Crippen molar-refractivity contribution in [2.45, 2.75) is 38.3 Å². The fraction of sp³-hybridized carbons (Fsp3) is 0.522. The lowest BCUT2D eigenvalue weighted by Gasteiger charge is -2.29.